The Labute approximate surface area is 422 Å². The van der Waals surface area contributed by atoms with Crippen molar-refractivity contribution in [3.05, 3.63) is 141 Å². The molecule has 2 aliphatic carbocycles. The predicted molar refractivity (Wildman–Crippen MR) is 268 cm³/mol. The summed E-state index contributed by atoms with van der Waals surface area (Å²) in [6, 6.07) is 20.1. The molecule has 0 saturated heterocycles. The normalized spacial score (nSPS) is 21.0. The predicted octanol–water partition coefficient (Wildman–Crippen LogP) is 9.88. The lowest BCUT2D eigenvalue weighted by Crippen LogP contribution is -2.70. The maximum Gasteiger partial charge on any atom is 0.417 e. The average Bonchev–Trinajstić information content (AvgIpc) is 3.39. The number of carbonyl (C=O) groups is 2. The summed E-state index contributed by atoms with van der Waals surface area (Å²) < 4.78 is 37.0. The van der Waals surface area contributed by atoms with Crippen molar-refractivity contribution in [1.82, 2.24) is 4.90 Å². The van der Waals surface area contributed by atoms with E-state index in [1.54, 1.807) is 54.6 Å². The molecule has 0 radical (unpaired) electrons. The van der Waals surface area contributed by atoms with E-state index in [4.69, 9.17) is 38.4 Å². The van der Waals surface area contributed by atoms with Crippen molar-refractivity contribution < 1.29 is 62.9 Å². The zero-order chi connectivity index (χ0) is 52.1. The molecule has 20 heteroatoms. The molecule has 2 amide bonds. The number of hydrogen-bond acceptors (Lipinski definition) is 16. The number of methoxy groups -OCH3 is 2. The summed E-state index contributed by atoms with van der Waals surface area (Å²) in [5.74, 6) is -1.67. The molecule has 1 aliphatic heterocycles. The highest BCUT2D eigenvalue weighted by Crippen LogP contribution is 2.62. The number of allylic oxidation sites excluding steroid dienone is 1. The first-order chi connectivity index (χ1) is 35.4. The van der Waals surface area contributed by atoms with Crippen molar-refractivity contribution in [2.45, 2.75) is 82.6 Å². The van der Waals surface area contributed by atoms with Crippen molar-refractivity contribution in [2.75, 3.05) is 45.9 Å². The lowest BCUT2D eigenvalue weighted by molar-refractivity contribution is -0.385. The van der Waals surface area contributed by atoms with E-state index >= 15 is 0 Å². The van der Waals surface area contributed by atoms with E-state index in [-0.39, 0.29) is 74.1 Å². The molecule has 388 valence electrons. The van der Waals surface area contributed by atoms with Gasteiger partial charge in [-0.2, -0.15) is 0 Å². The second kappa shape index (κ2) is 24.7. The van der Waals surface area contributed by atoms with Gasteiger partial charge in [0.2, 0.25) is 5.79 Å². The van der Waals surface area contributed by atoms with E-state index < -0.39 is 45.7 Å². The second-order valence-electron chi connectivity index (χ2n) is 17.9. The minimum atomic E-state index is -1.67. The van der Waals surface area contributed by atoms with Crippen LogP contribution in [-0.2, 0) is 16.2 Å². The fourth-order valence-corrected chi connectivity index (χ4v) is 10.2. The average molecular weight is 1010 g/mol. The maximum absolute atomic E-state index is 14.8. The Hall–Kier alpha value is -7.55. The zero-order valence-electron chi connectivity index (χ0n) is 41.0. The van der Waals surface area contributed by atoms with Crippen LogP contribution in [0.1, 0.15) is 75.3 Å². The van der Waals surface area contributed by atoms with E-state index in [1.807, 2.05) is 6.92 Å². The molecule has 4 aromatic carbocycles. The minimum Gasteiger partial charge on any atom is -0.497 e. The molecule has 0 bridgehead atoms. The molecule has 1 fully saturated rings. The van der Waals surface area contributed by atoms with Gasteiger partial charge in [0.25, 0.3) is 11.4 Å². The first kappa shape index (κ1) is 53.3. The van der Waals surface area contributed by atoms with E-state index in [2.05, 4.69) is 18.0 Å². The van der Waals surface area contributed by atoms with Crippen LogP contribution in [0.3, 0.4) is 0 Å². The van der Waals surface area contributed by atoms with Gasteiger partial charge in [0.15, 0.2) is 0 Å². The van der Waals surface area contributed by atoms with Crippen LogP contribution in [0.4, 0.5) is 26.7 Å². The van der Waals surface area contributed by atoms with Crippen molar-refractivity contribution in [3.8, 4) is 28.7 Å². The van der Waals surface area contributed by atoms with Gasteiger partial charge in [-0.1, -0.05) is 37.1 Å². The molecular weight excluding hydrogens is 947 g/mol. The van der Waals surface area contributed by atoms with E-state index in [0.29, 0.717) is 84.7 Å². The fourth-order valence-electron chi connectivity index (χ4n) is 10.2. The number of carbonyl (C=O) groups excluding carboxylic acids is 2. The second-order valence-corrected chi connectivity index (χ2v) is 17.9. The summed E-state index contributed by atoms with van der Waals surface area (Å²) in [5, 5.41) is 50.5. The number of nitro benzene ring substituents is 2. The number of benzene rings is 4. The summed E-state index contributed by atoms with van der Waals surface area (Å²) in [4.78, 5) is 57.9. The highest BCUT2D eigenvalue weighted by atomic mass is 16.7. The molecule has 20 nitrogen and oxygen atoms in total. The third-order valence-corrected chi connectivity index (χ3v) is 13.4. The molecule has 1 heterocycles. The summed E-state index contributed by atoms with van der Waals surface area (Å²) in [6.45, 7) is 5.92. The van der Waals surface area contributed by atoms with Crippen molar-refractivity contribution in [3.63, 3.8) is 0 Å². The van der Waals surface area contributed by atoms with Gasteiger partial charge in [-0.3, -0.25) is 30.4 Å². The lowest BCUT2D eigenvalue weighted by Gasteiger charge is -2.59. The van der Waals surface area contributed by atoms with Crippen LogP contribution in [0, 0.1) is 38.0 Å². The number of amides is 2. The van der Waals surface area contributed by atoms with Crippen LogP contribution in [0.2, 0.25) is 0 Å². The molecule has 4 aromatic rings. The Morgan fingerprint density at radius 2 is 1.55 bits per heavy atom. The Balaban J connectivity index is 1.39. The summed E-state index contributed by atoms with van der Waals surface area (Å²) in [5.41, 5.74) is 2.57. The minimum absolute atomic E-state index is 0.00102. The summed E-state index contributed by atoms with van der Waals surface area (Å²) in [6.07, 6.45) is 6.36. The lowest BCUT2D eigenvalue weighted by atomic mass is 9.55. The molecule has 3 N–H and O–H groups in total. The van der Waals surface area contributed by atoms with E-state index in [9.17, 15) is 40.0 Å². The molecule has 0 aromatic heterocycles. The number of unbranched alkanes of at least 4 members (excludes halogenated alkanes) is 2. The van der Waals surface area contributed by atoms with Crippen LogP contribution in [0.5, 0.6) is 28.7 Å². The number of nitrogens with zero attached hydrogens (tertiary/aromatic N) is 4. The quantitative estimate of drug-likeness (QED) is 0.0255. The number of aliphatic hydroxyl groups is 2. The first-order valence-corrected chi connectivity index (χ1v) is 24.3. The van der Waals surface area contributed by atoms with Gasteiger partial charge in [-0.25, -0.2) is 9.59 Å². The number of hydrogen-bond donors (Lipinski definition) is 3. The molecule has 3 aliphatic rings. The van der Waals surface area contributed by atoms with Gasteiger partial charge < -0.3 is 43.5 Å². The largest absolute Gasteiger partial charge is 0.497 e. The first-order valence-electron chi connectivity index (χ1n) is 24.3. The van der Waals surface area contributed by atoms with Gasteiger partial charge in [-0.05, 0) is 110 Å². The van der Waals surface area contributed by atoms with Crippen LogP contribution >= 0.6 is 0 Å². The van der Waals surface area contributed by atoms with Crippen molar-refractivity contribution >= 4 is 35.0 Å². The summed E-state index contributed by atoms with van der Waals surface area (Å²) in [7, 11) is 2.99. The molecule has 7 rings (SSSR count). The number of rotatable bonds is 24. The molecular formula is C53H61N5O15. The van der Waals surface area contributed by atoms with Gasteiger partial charge in [0.05, 0.1) is 48.0 Å². The van der Waals surface area contributed by atoms with Gasteiger partial charge >= 0.3 is 12.2 Å². The fraction of sp³-hybridized carbons (Fsp3) is 0.415. The van der Waals surface area contributed by atoms with Crippen LogP contribution in [0.25, 0.3) is 0 Å². The topological polar surface area (TPSA) is 253 Å². The van der Waals surface area contributed by atoms with Gasteiger partial charge in [0, 0.05) is 68.0 Å². The zero-order valence-corrected chi connectivity index (χ0v) is 41.0. The molecule has 6 atom stereocenters. The Kier molecular flexibility index (Phi) is 18.0. The van der Waals surface area contributed by atoms with E-state index in [1.165, 1.54) is 55.5 Å². The van der Waals surface area contributed by atoms with Gasteiger partial charge in [0.1, 0.15) is 41.4 Å². The molecule has 6 unspecified atom stereocenters. The number of aliphatic hydroxyl groups excluding tert-OH is 2. The number of nitrogens with one attached hydrogen (secondary N) is 1. The number of anilines is 1. The smallest absolute Gasteiger partial charge is 0.417 e. The van der Waals surface area contributed by atoms with Crippen molar-refractivity contribution in [2.24, 2.45) is 22.9 Å². The number of fused-ring (bicyclic) bond motifs is 2. The summed E-state index contributed by atoms with van der Waals surface area (Å²) >= 11 is 0. The van der Waals surface area contributed by atoms with Crippen LogP contribution < -0.4 is 29.0 Å². The highest BCUT2D eigenvalue weighted by molar-refractivity contribution is 6.03. The monoisotopic (exact) mass is 1010 g/mol. The van der Waals surface area contributed by atoms with Gasteiger partial charge in [-0.15, -0.1) is 6.58 Å². The maximum atomic E-state index is 14.8. The molecule has 1 saturated carbocycles. The van der Waals surface area contributed by atoms with Crippen LogP contribution in [-0.4, -0.2) is 95.3 Å². The number of nitro groups is 2. The third-order valence-electron chi connectivity index (χ3n) is 13.4. The molecule has 73 heavy (non-hydrogen) atoms. The highest BCUT2D eigenvalue weighted by Gasteiger charge is 2.65. The molecule has 0 spiro atoms. The number of ether oxygens (including phenoxy) is 6. The SMILES string of the molecule is C=CCOC12Oc3ccc(OC(=O)Nc4ccc(OC)cc4OC)cc3C3C(CCCCO)C(CCCCO)C=C(C(=NOCc4ccc([N+](=O)[O-])cc4)CC1N(CCC)C(=O)Oc1ccc([N+](=O)[O-])cc1)C32. The van der Waals surface area contributed by atoms with Crippen molar-refractivity contribution in [1.29, 1.82) is 0 Å². The number of non-ortho nitro benzene ring substituents is 2. The standard InChI is InChI=1S/C53H61N5O15/c1-5-25-56(52(62)72-38-19-17-37(18-20-38)58(65)66)48-32-45(55-70-33-34-13-15-36(16-14-34)57(63)64)42-29-35(11-7-9-26-59)41(12-8-10-27-60)49-43-30-40(22-24-46(43)73-53(48,50(42)49)69-28-6-2)71-51(61)54-44-23-21-39(67-3)31-47(44)68-4/h6,13-24,29-31,35,41,48-50,59-60H,2,5,7-12,25-28,32-33H2,1,3-4H3,(H,54,61). The van der Waals surface area contributed by atoms with Crippen LogP contribution in [0.15, 0.2) is 114 Å². The Morgan fingerprint density at radius 1 is 0.877 bits per heavy atom. The number of oxime groups is 1. The Bertz CT molecular complexity index is 2660. The van der Waals surface area contributed by atoms with E-state index in [0.717, 1.165) is 5.57 Å². The third kappa shape index (κ3) is 12.2. The Morgan fingerprint density at radius 3 is 2.19 bits per heavy atom.